The normalized spacial score (nSPS) is 11.1. The molecule has 0 atom stereocenters. The summed E-state index contributed by atoms with van der Waals surface area (Å²) in [5.74, 6) is -4.54. The predicted molar refractivity (Wildman–Crippen MR) is 319 cm³/mol. The minimum absolute atomic E-state index is 0. The van der Waals surface area contributed by atoms with E-state index in [0.717, 1.165) is 15.2 Å². The van der Waals surface area contributed by atoms with Crippen LogP contribution in [0.25, 0.3) is 34.4 Å². The molecule has 0 radical (unpaired) electrons. The molecule has 5 aromatic heterocycles. The minimum Gasteiger partial charge on any atom is -0.870 e. The third kappa shape index (κ3) is 27.9. The zero-order valence-electron chi connectivity index (χ0n) is 49.5. The molecule has 5 heterocycles. The van der Waals surface area contributed by atoms with Gasteiger partial charge in [-0.25, -0.2) is 66.4 Å². The van der Waals surface area contributed by atoms with Crippen molar-refractivity contribution in [3.63, 3.8) is 0 Å². The Labute approximate surface area is 603 Å². The van der Waals surface area contributed by atoms with E-state index in [1.165, 1.54) is 36.4 Å². The second-order valence-corrected chi connectivity index (χ2v) is 27.5. The summed E-state index contributed by atoms with van der Waals surface area (Å²) < 4.78 is 135. The van der Waals surface area contributed by atoms with Crippen LogP contribution in [0.2, 0.25) is 0 Å². The van der Waals surface area contributed by atoms with Crippen molar-refractivity contribution in [2.75, 3.05) is 60.9 Å². The Morgan fingerprint density at radius 2 is 1.02 bits per heavy atom. The van der Waals surface area contributed by atoms with Crippen LogP contribution in [0, 0.1) is 27.6 Å². The molecule has 510 valence electrons. The van der Waals surface area contributed by atoms with Gasteiger partial charge in [0.05, 0.1) is 59.3 Å². The van der Waals surface area contributed by atoms with Crippen LogP contribution in [0.15, 0.2) is 106 Å². The van der Waals surface area contributed by atoms with Crippen molar-refractivity contribution in [3.8, 4) is 34.4 Å². The number of aliphatic hydroxyl groups excluding tert-OH is 3. The average molecular weight is 1620 g/mol. The maximum atomic E-state index is 13.5. The summed E-state index contributed by atoms with van der Waals surface area (Å²) in [5.41, 5.74) is 6.96. The molecule has 8 aromatic rings. The van der Waals surface area contributed by atoms with E-state index < -0.39 is 74.9 Å². The summed E-state index contributed by atoms with van der Waals surface area (Å²) in [6, 6.07) is 11.9. The second-order valence-electron chi connectivity index (χ2n) is 18.1. The molecule has 0 aliphatic heterocycles. The second kappa shape index (κ2) is 43.4. The molecule has 0 spiro atoms. The number of aliphatic hydroxyl groups is 3. The first kappa shape index (κ1) is 87.2. The molecule has 7 N–H and O–H groups in total. The summed E-state index contributed by atoms with van der Waals surface area (Å²) in [6.45, 7) is -0.469. The predicted octanol–water partition coefficient (Wildman–Crippen LogP) is -3.68. The Morgan fingerprint density at radius 3 is 1.45 bits per heavy atom. The van der Waals surface area contributed by atoms with Crippen molar-refractivity contribution in [1.82, 2.24) is 50.4 Å². The molecule has 36 nitrogen and oxygen atoms in total. The fourth-order valence-corrected chi connectivity index (χ4v) is 12.4. The van der Waals surface area contributed by atoms with Crippen LogP contribution in [0.5, 0.6) is 0 Å². The number of nitro groups is 1. The van der Waals surface area contributed by atoms with E-state index in [2.05, 4.69) is 108 Å². The first-order valence-corrected chi connectivity index (χ1v) is 33.8. The van der Waals surface area contributed by atoms with Gasteiger partial charge in [-0.05, 0) is 167 Å². The number of nitrogens with two attached hydrogens (primary N) is 1. The van der Waals surface area contributed by atoms with Crippen LogP contribution >= 0.6 is 47.8 Å². The molecule has 3 aromatic carbocycles. The van der Waals surface area contributed by atoms with Crippen molar-refractivity contribution in [3.05, 3.63) is 139 Å². The summed E-state index contributed by atoms with van der Waals surface area (Å²) in [6.07, 6.45) is 1.84. The number of oxime groups is 1. The number of hydrogen-bond donors (Lipinski definition) is 5. The maximum absolute atomic E-state index is 13.5. The van der Waals surface area contributed by atoms with Gasteiger partial charge >= 0.3 is 76.4 Å². The van der Waals surface area contributed by atoms with E-state index >= 15 is 0 Å². The summed E-state index contributed by atoms with van der Waals surface area (Å²) in [5, 5.41) is 86.3. The zero-order valence-corrected chi connectivity index (χ0v) is 60.7. The number of aryl methyl sites for hydroxylation is 2. The smallest absolute Gasteiger partial charge is 0.870 e. The van der Waals surface area contributed by atoms with Crippen LogP contribution < -0.4 is 81.6 Å². The molecule has 0 bridgehead atoms. The average Bonchev–Trinajstić information content (AvgIpc) is 1.66. The van der Waals surface area contributed by atoms with Gasteiger partial charge < -0.3 is 52.0 Å². The van der Waals surface area contributed by atoms with Crippen LogP contribution in [-0.4, -0.2) is 180 Å². The van der Waals surface area contributed by atoms with E-state index in [4.69, 9.17) is 44.9 Å². The third-order valence-corrected chi connectivity index (χ3v) is 18.7. The zero-order chi connectivity index (χ0) is 68.2. The van der Waals surface area contributed by atoms with Gasteiger partial charge in [0.2, 0.25) is 11.6 Å². The first-order chi connectivity index (χ1) is 43.7. The monoisotopic (exact) mass is 1610 g/mol. The molecule has 0 amide bonds. The number of sulfone groups is 3. The number of nitrogens with zero attached hydrogens (tertiary/aromatic N) is 12. The molecule has 0 aliphatic rings. The van der Waals surface area contributed by atoms with Crippen LogP contribution in [0.3, 0.4) is 0 Å². The molecule has 8 rings (SSSR count). The molecule has 95 heavy (non-hydrogen) atoms. The van der Waals surface area contributed by atoms with Gasteiger partial charge in [-0.1, -0.05) is 31.8 Å². The number of rotatable bonds is 28. The van der Waals surface area contributed by atoms with E-state index in [0.29, 0.717) is 23.4 Å². The Hall–Kier alpha value is -5.86. The van der Waals surface area contributed by atoms with Crippen LogP contribution in [0.4, 0.5) is 19.0 Å². The van der Waals surface area contributed by atoms with E-state index in [-0.39, 0.29) is 230 Å². The number of aromatic nitrogens is 10. The van der Waals surface area contributed by atoms with Gasteiger partial charge in [0, 0.05) is 32.8 Å². The van der Waals surface area contributed by atoms with E-state index in [1.807, 2.05) is 0 Å². The third-order valence-electron chi connectivity index (χ3n) is 11.5. The van der Waals surface area contributed by atoms with Gasteiger partial charge in [-0.3, -0.25) is 13.8 Å². The number of hydrogen-bond acceptors (Lipinski definition) is 33. The Bertz CT molecular complexity index is 4220. The van der Waals surface area contributed by atoms with Crippen LogP contribution in [0.1, 0.15) is 54.7 Å². The van der Waals surface area contributed by atoms with Gasteiger partial charge in [0.15, 0.2) is 26.4 Å². The molecule has 0 fully saturated rings. The van der Waals surface area contributed by atoms with Gasteiger partial charge in [-0.15, -0.1) is 4.63 Å². The quantitative estimate of drug-likeness (QED) is 0.00600. The Kier molecular flexibility index (Phi) is 39.8. The van der Waals surface area contributed by atoms with Crippen molar-refractivity contribution in [2.45, 2.75) is 51.4 Å². The number of carbonyl (C=O) groups is 1. The fourth-order valence-electron chi connectivity index (χ4n) is 7.34. The van der Waals surface area contributed by atoms with E-state index in [1.54, 1.807) is 12.1 Å². The fraction of sp³-hybridized carbons (Fsp3) is 0.375. The summed E-state index contributed by atoms with van der Waals surface area (Å²) >= 11 is 9.12. The molecule has 0 saturated carbocycles. The van der Waals surface area contributed by atoms with Crippen LogP contribution in [-0.2, 0) is 58.5 Å². The van der Waals surface area contributed by atoms with Crippen molar-refractivity contribution >= 4 is 95.3 Å². The van der Waals surface area contributed by atoms with Crippen molar-refractivity contribution in [1.29, 1.82) is 0 Å². The van der Waals surface area contributed by atoms with Gasteiger partial charge in [0.25, 0.3) is 12.2 Å². The Balaban J connectivity index is 0.000000641. The SMILES string of the molecule is NCCS(=O)(=O)CCCO.O=CO[O-].O=S(=O)(CCCO)CCCc1nonc1/C(Cc1ccc(F)c(Br)c1)=N/O.O=c1onc(-c2nonc2CCCS(=O)(=O)CCCO)n1-c1ccc(F)c(Br)c1.O=c1onc(-c2nonc2[N+](=O)[O-])n1-c1ccc(F)c(Br)c1.[Na+].[Na+].[OH-]. The number of halogens is 6. The molecular formula is C48H53Br3F3N13Na2O23S3. The van der Waals surface area contributed by atoms with Crippen molar-refractivity contribution in [2.24, 2.45) is 10.9 Å². The van der Waals surface area contributed by atoms with Crippen molar-refractivity contribution < 1.29 is 166 Å². The Morgan fingerprint density at radius 1 is 0.621 bits per heavy atom. The topological polar surface area (TPSA) is 557 Å². The first-order valence-electron chi connectivity index (χ1n) is 25.9. The molecule has 0 unspecified atom stereocenters. The number of benzene rings is 3. The largest absolute Gasteiger partial charge is 1.00 e. The molecule has 0 saturated heterocycles. The van der Waals surface area contributed by atoms with Gasteiger partial charge in [0.1, 0.15) is 54.2 Å². The summed E-state index contributed by atoms with van der Waals surface area (Å²) in [7, 11) is -9.53. The number of carbonyl (C=O) groups excluding carboxylic acids is 1. The maximum Gasteiger partial charge on any atom is 1.00 e. The molecule has 47 heteroatoms. The minimum atomic E-state index is -3.30. The summed E-state index contributed by atoms with van der Waals surface area (Å²) in [4.78, 5) is 45.2. The van der Waals surface area contributed by atoms with E-state index in [9.17, 15) is 63.3 Å². The molecular weight excluding hydrogens is 1570 g/mol. The standard InChI is InChI=1S/C16H16BrFN4O6S.C16H19BrFN3O5S.C10H3BrFN5O5.C5H13NO3S.CH2O3.2Na.H2O/c17-11-9-10(4-5-12(11)18)22-15(21-27-16(22)24)14-13(19-28-20-14)3-1-7-29(25,26)8-2-6-23;17-12-9-11(4-5-13(12)18)10-15(19-23)16-14(20-26-21-16)3-1-7-27(24,25)8-2-6-22;11-5-3-4(1-2-6(5)12)16-8(14-21-10(16)18)7-9(17(19)20)15-22-13-7;6-2-5-10(8,9)4-1-3-7;2-1-4-3;;;/h4-5,9,23H,1-3,6-8H2;4-5,9,22-23H,1-3,6-8,10H2;1-3H;7H,1-6H2;1,3H;;;1H2/q;;;;;2*+1;/p-2/b;19-15+;;;;;;. The van der Waals surface area contributed by atoms with Gasteiger partial charge in [-0.2, -0.15) is 0 Å². The molecule has 0 aliphatic carbocycles.